The summed E-state index contributed by atoms with van der Waals surface area (Å²) in [6.45, 7) is 8.37. The maximum atomic E-state index is 13.9. The second kappa shape index (κ2) is 12.3. The zero-order valence-corrected chi connectivity index (χ0v) is 25.0. The number of esters is 1. The molecule has 0 spiro atoms. The quantitative estimate of drug-likeness (QED) is 0.232. The fraction of sp³-hybridized carbons (Fsp3) is 0.242. The number of ether oxygens (including phenoxy) is 2. The fourth-order valence-corrected chi connectivity index (χ4v) is 6.03. The zero-order chi connectivity index (χ0) is 29.1. The van der Waals surface area contributed by atoms with Crippen molar-refractivity contribution in [3.8, 4) is 5.75 Å². The molecule has 0 amide bonds. The molecule has 0 bridgehead atoms. The van der Waals surface area contributed by atoms with E-state index in [0.29, 0.717) is 43.9 Å². The number of carbonyl (C=O) groups is 1. The number of nitrogens with zero attached hydrogens (tertiary/aromatic N) is 2. The van der Waals surface area contributed by atoms with E-state index >= 15 is 0 Å². The molecule has 0 aliphatic carbocycles. The molecule has 8 heteroatoms. The molecule has 0 unspecified atom stereocenters. The van der Waals surface area contributed by atoms with Crippen molar-refractivity contribution in [1.82, 2.24) is 4.57 Å². The van der Waals surface area contributed by atoms with Crippen molar-refractivity contribution in [2.24, 2.45) is 4.99 Å². The van der Waals surface area contributed by atoms with Crippen LogP contribution in [0.3, 0.4) is 0 Å². The lowest BCUT2D eigenvalue weighted by atomic mass is 9.93. The number of hydrogen-bond acceptors (Lipinski definition) is 6. The predicted molar refractivity (Wildman–Crippen MR) is 163 cm³/mol. The molecule has 0 radical (unpaired) electrons. The van der Waals surface area contributed by atoms with Crippen LogP contribution in [0.2, 0.25) is 5.02 Å². The van der Waals surface area contributed by atoms with Crippen molar-refractivity contribution in [3.05, 3.63) is 131 Å². The van der Waals surface area contributed by atoms with Gasteiger partial charge in [0, 0.05) is 10.6 Å². The van der Waals surface area contributed by atoms with Crippen molar-refractivity contribution < 1.29 is 14.3 Å². The monoisotopic (exact) mass is 586 g/mol. The Kier molecular flexibility index (Phi) is 8.57. The normalized spacial score (nSPS) is 15.1. The highest BCUT2D eigenvalue weighted by atomic mass is 35.5. The Morgan fingerprint density at radius 1 is 1.10 bits per heavy atom. The Hall–Kier alpha value is -3.94. The molecule has 6 nitrogen and oxygen atoms in total. The Balaban J connectivity index is 1.55. The van der Waals surface area contributed by atoms with E-state index in [9.17, 15) is 9.59 Å². The Morgan fingerprint density at radius 2 is 1.85 bits per heavy atom. The van der Waals surface area contributed by atoms with Crippen LogP contribution in [0.5, 0.6) is 5.75 Å². The fourth-order valence-electron chi connectivity index (χ4n) is 4.79. The van der Waals surface area contributed by atoms with Crippen LogP contribution < -0.4 is 19.6 Å². The van der Waals surface area contributed by atoms with Gasteiger partial charge in [-0.1, -0.05) is 91.4 Å². The van der Waals surface area contributed by atoms with Crippen LogP contribution in [-0.2, 0) is 16.1 Å². The van der Waals surface area contributed by atoms with Gasteiger partial charge in [-0.05, 0) is 60.7 Å². The summed E-state index contributed by atoms with van der Waals surface area (Å²) < 4.78 is 13.5. The Morgan fingerprint density at radius 3 is 2.56 bits per heavy atom. The second-order valence-electron chi connectivity index (χ2n) is 10.1. The minimum absolute atomic E-state index is 0.219. The van der Waals surface area contributed by atoms with Gasteiger partial charge in [0.25, 0.3) is 5.56 Å². The maximum Gasteiger partial charge on any atom is 0.338 e. The summed E-state index contributed by atoms with van der Waals surface area (Å²) in [6, 6.07) is 22.5. The average Bonchev–Trinajstić information content (AvgIpc) is 3.26. The van der Waals surface area contributed by atoms with E-state index in [1.807, 2.05) is 78.9 Å². The van der Waals surface area contributed by atoms with Crippen LogP contribution in [-0.4, -0.2) is 17.1 Å². The van der Waals surface area contributed by atoms with Crippen LogP contribution in [0.15, 0.2) is 93.9 Å². The summed E-state index contributed by atoms with van der Waals surface area (Å²) >= 11 is 7.56. The first kappa shape index (κ1) is 28.6. The van der Waals surface area contributed by atoms with Gasteiger partial charge in [0.15, 0.2) is 4.80 Å². The minimum Gasteiger partial charge on any atom is -0.489 e. The molecule has 4 aromatic rings. The SMILES string of the molecule is CCOC(=O)C1=C(C)N=c2s/c(=C\c3cccc(OCc4ccccc4Cl)c3)c(=O)n2[C@H]1c1ccc(C(C)C)cc1. The molecule has 0 saturated heterocycles. The molecule has 41 heavy (non-hydrogen) atoms. The summed E-state index contributed by atoms with van der Waals surface area (Å²) in [7, 11) is 0. The summed E-state index contributed by atoms with van der Waals surface area (Å²) in [5.74, 6) is 0.552. The average molecular weight is 587 g/mol. The summed E-state index contributed by atoms with van der Waals surface area (Å²) in [4.78, 5) is 32.2. The van der Waals surface area contributed by atoms with E-state index in [-0.39, 0.29) is 12.2 Å². The van der Waals surface area contributed by atoms with Gasteiger partial charge in [-0.15, -0.1) is 0 Å². The number of benzene rings is 3. The van der Waals surface area contributed by atoms with Gasteiger partial charge in [-0.25, -0.2) is 9.79 Å². The van der Waals surface area contributed by atoms with E-state index in [2.05, 4.69) is 18.8 Å². The summed E-state index contributed by atoms with van der Waals surface area (Å²) in [5, 5.41) is 0.649. The van der Waals surface area contributed by atoms with Crippen molar-refractivity contribution in [2.75, 3.05) is 6.61 Å². The van der Waals surface area contributed by atoms with Gasteiger partial charge in [0.2, 0.25) is 0 Å². The molecule has 1 aliphatic rings. The van der Waals surface area contributed by atoms with Crippen LogP contribution in [0.1, 0.15) is 61.9 Å². The molecule has 0 N–H and O–H groups in total. The van der Waals surface area contributed by atoms with E-state index in [1.54, 1.807) is 18.4 Å². The molecule has 5 rings (SSSR count). The first-order valence-corrected chi connectivity index (χ1v) is 14.7. The number of hydrogen-bond donors (Lipinski definition) is 0. The highest BCUT2D eigenvalue weighted by Crippen LogP contribution is 2.31. The summed E-state index contributed by atoms with van der Waals surface area (Å²) in [6.07, 6.45) is 1.83. The van der Waals surface area contributed by atoms with Crippen LogP contribution in [0.25, 0.3) is 6.08 Å². The lowest BCUT2D eigenvalue weighted by Crippen LogP contribution is -2.39. The molecule has 0 saturated carbocycles. The van der Waals surface area contributed by atoms with Crippen molar-refractivity contribution in [2.45, 2.75) is 46.3 Å². The number of allylic oxidation sites excluding steroid dienone is 1. The number of rotatable bonds is 8. The molecule has 2 heterocycles. The maximum absolute atomic E-state index is 13.9. The molecule has 210 valence electrons. The number of carbonyl (C=O) groups excluding carboxylic acids is 1. The first-order chi connectivity index (χ1) is 19.8. The van der Waals surface area contributed by atoms with E-state index in [0.717, 1.165) is 16.7 Å². The third kappa shape index (κ3) is 6.06. The van der Waals surface area contributed by atoms with E-state index < -0.39 is 12.0 Å². The zero-order valence-electron chi connectivity index (χ0n) is 23.4. The van der Waals surface area contributed by atoms with Crippen LogP contribution in [0, 0.1) is 0 Å². The van der Waals surface area contributed by atoms with Gasteiger partial charge in [0.1, 0.15) is 12.4 Å². The van der Waals surface area contributed by atoms with Crippen molar-refractivity contribution in [3.63, 3.8) is 0 Å². The van der Waals surface area contributed by atoms with Crippen molar-refractivity contribution in [1.29, 1.82) is 0 Å². The Bertz CT molecular complexity index is 1800. The molecule has 0 fully saturated rings. The second-order valence-corrected chi connectivity index (χ2v) is 11.5. The predicted octanol–water partition coefficient (Wildman–Crippen LogP) is 6.15. The minimum atomic E-state index is -0.640. The number of thiazole rings is 1. The number of aromatic nitrogens is 1. The highest BCUT2D eigenvalue weighted by molar-refractivity contribution is 7.07. The van der Waals surface area contributed by atoms with Crippen LogP contribution in [0.4, 0.5) is 0 Å². The van der Waals surface area contributed by atoms with Gasteiger partial charge < -0.3 is 9.47 Å². The lowest BCUT2D eigenvalue weighted by molar-refractivity contribution is -0.139. The smallest absolute Gasteiger partial charge is 0.338 e. The third-order valence-electron chi connectivity index (χ3n) is 6.94. The molecule has 1 aromatic heterocycles. The molecular formula is C33H31ClN2O4S. The van der Waals surface area contributed by atoms with Gasteiger partial charge in [-0.2, -0.15) is 0 Å². The first-order valence-electron chi connectivity index (χ1n) is 13.5. The highest BCUT2D eigenvalue weighted by Gasteiger charge is 2.33. The van der Waals surface area contributed by atoms with Crippen molar-refractivity contribution >= 4 is 35.0 Å². The molecular weight excluding hydrogens is 556 g/mol. The van der Waals surface area contributed by atoms with Gasteiger partial charge in [0.05, 0.1) is 28.5 Å². The molecule has 1 aliphatic heterocycles. The van der Waals surface area contributed by atoms with E-state index in [1.165, 1.54) is 16.9 Å². The molecule has 1 atom stereocenters. The Labute approximate surface area is 247 Å². The topological polar surface area (TPSA) is 69.9 Å². The largest absolute Gasteiger partial charge is 0.489 e. The summed E-state index contributed by atoms with van der Waals surface area (Å²) in [5.41, 5.74) is 4.41. The molecule has 3 aromatic carbocycles. The standard InChI is InChI=1S/C33H31ClN2O4S/c1-5-39-32(38)29-21(4)35-33-36(30(29)24-15-13-23(14-16-24)20(2)3)31(37)28(41-33)18-22-9-8-11-26(17-22)40-19-25-10-6-7-12-27(25)34/h6-18,20,30H,5,19H2,1-4H3/b28-18-/t30-/m0/s1. The number of fused-ring (bicyclic) bond motifs is 1. The van der Waals surface area contributed by atoms with E-state index in [4.69, 9.17) is 21.1 Å². The van der Waals surface area contributed by atoms with Crippen LogP contribution >= 0.6 is 22.9 Å². The van der Waals surface area contributed by atoms with Gasteiger partial charge >= 0.3 is 5.97 Å². The van der Waals surface area contributed by atoms with Gasteiger partial charge in [-0.3, -0.25) is 9.36 Å². The number of halogens is 1. The lowest BCUT2D eigenvalue weighted by Gasteiger charge is -2.25. The third-order valence-corrected chi connectivity index (χ3v) is 8.30.